The van der Waals surface area contributed by atoms with Crippen LogP contribution >= 0.6 is 0 Å². The highest BCUT2D eigenvalue weighted by Crippen LogP contribution is 2.29. The van der Waals surface area contributed by atoms with Gasteiger partial charge in [0.25, 0.3) is 5.91 Å². The van der Waals surface area contributed by atoms with Crippen molar-refractivity contribution < 1.29 is 13.9 Å². The number of hydrogen-bond acceptors (Lipinski definition) is 6. The Balaban J connectivity index is 0.000000262. The van der Waals surface area contributed by atoms with Gasteiger partial charge in [0.15, 0.2) is 0 Å². The minimum atomic E-state index is -0.629. The number of amides is 1. The van der Waals surface area contributed by atoms with Gasteiger partial charge in [-0.15, -0.1) is 0 Å². The number of rotatable bonds is 6. The number of nitrogens with one attached hydrogen (secondary N) is 2. The Hall–Kier alpha value is -4.78. The Morgan fingerprint density at radius 2 is 1.90 bits per heavy atom. The highest BCUT2D eigenvalue weighted by Gasteiger charge is 2.22. The van der Waals surface area contributed by atoms with Crippen molar-refractivity contribution in [3.05, 3.63) is 92.6 Å². The van der Waals surface area contributed by atoms with Crippen LogP contribution in [0.15, 0.2) is 76.1 Å². The van der Waals surface area contributed by atoms with Crippen LogP contribution in [-0.4, -0.2) is 68.0 Å². The molecule has 6 rings (SSSR count). The molecule has 0 aliphatic carbocycles. The van der Waals surface area contributed by atoms with Gasteiger partial charge in [0.05, 0.1) is 11.9 Å². The summed E-state index contributed by atoms with van der Waals surface area (Å²) >= 11 is 0. The fraction of sp³-hybridized carbons (Fsp3) is 0.405. The number of aromatic nitrogens is 1. The Morgan fingerprint density at radius 1 is 1.18 bits per heavy atom. The molecule has 8 nitrogen and oxygen atoms in total. The number of benzene rings is 2. The standard InChI is InChI=1S/C23H19FN2O3.C11H14N2.C6H15N.C2H6/c1-3-25-23(28)19-13-26-14(2)18(22(19)27)12-17(24)8-9-29-21-11-16-7-5-4-6-15(16)10-20(21)26;1-13-8-6-10(9-13)11-5-3-2-4-7-12-11;1-4-5-6(2)7-3;1-2/h4-8,10-13H,2-3,9H2,1H3,(H,25,28);5,7,10H,3,6,8-9H2,1H3;6-7H,4-5H2,1-3H3;1-2H3/b17-8+,18-12+;;;/t;10-;;/m.1../s1. The third kappa shape index (κ3) is 11.4. The molecule has 51 heavy (non-hydrogen) atoms. The number of hydrogen-bond donors (Lipinski definition) is 2. The van der Waals surface area contributed by atoms with Crippen molar-refractivity contribution in [2.24, 2.45) is 10.9 Å². The predicted molar refractivity (Wildman–Crippen MR) is 211 cm³/mol. The number of carbonyl (C=O) groups is 1. The number of allylic oxidation sites excluding steroid dienone is 2. The van der Waals surface area contributed by atoms with Crippen molar-refractivity contribution in [3.63, 3.8) is 0 Å². The SMILES string of the molecule is C=c1\c2c(=O)c(C(=O)NCC)cn1-c1cc3ccccc3cc1OC/C=C(F)\C=2.CC.CCCC(C)NC.CN1CC[C@@H](C2=CCC#CC=N2)C1. The molecular weight excluding hydrogens is 641 g/mol. The first-order valence-corrected chi connectivity index (χ1v) is 18.0. The third-order valence-corrected chi connectivity index (χ3v) is 8.63. The average Bonchev–Trinajstić information content (AvgIpc) is 3.38. The van der Waals surface area contributed by atoms with Gasteiger partial charge in [-0.05, 0) is 82.4 Å². The van der Waals surface area contributed by atoms with Gasteiger partial charge in [0.2, 0.25) is 5.43 Å². The molecule has 3 aromatic rings. The van der Waals surface area contributed by atoms with E-state index in [2.05, 4.69) is 65.9 Å². The van der Waals surface area contributed by atoms with Crippen LogP contribution < -0.4 is 31.4 Å². The van der Waals surface area contributed by atoms with Crippen LogP contribution in [0.5, 0.6) is 5.75 Å². The number of nitrogens with zero attached hydrogens (tertiary/aromatic N) is 3. The Kier molecular flexibility index (Phi) is 16.6. The molecule has 1 unspecified atom stereocenters. The molecule has 3 aliphatic heterocycles. The van der Waals surface area contributed by atoms with E-state index in [0.29, 0.717) is 29.9 Å². The topological polar surface area (TPSA) is 88.0 Å². The predicted octanol–water partition coefficient (Wildman–Crippen LogP) is 5.90. The highest BCUT2D eigenvalue weighted by molar-refractivity contribution is 5.94. The van der Waals surface area contributed by atoms with E-state index in [-0.39, 0.29) is 22.7 Å². The normalized spacial score (nSPS) is 18.2. The zero-order valence-corrected chi connectivity index (χ0v) is 31.3. The van der Waals surface area contributed by atoms with Gasteiger partial charge >= 0.3 is 0 Å². The first-order valence-electron chi connectivity index (χ1n) is 18.0. The molecule has 9 heteroatoms. The smallest absolute Gasteiger partial charge is 0.256 e. The van der Waals surface area contributed by atoms with Crippen molar-refractivity contribution in [1.82, 2.24) is 20.1 Å². The van der Waals surface area contributed by atoms with Gasteiger partial charge in [-0.1, -0.05) is 76.0 Å². The maximum Gasteiger partial charge on any atom is 0.256 e. The van der Waals surface area contributed by atoms with Gasteiger partial charge in [-0.25, -0.2) is 4.39 Å². The fourth-order valence-corrected chi connectivity index (χ4v) is 5.82. The van der Waals surface area contributed by atoms with Crippen LogP contribution in [0.3, 0.4) is 0 Å². The summed E-state index contributed by atoms with van der Waals surface area (Å²) in [4.78, 5) is 32.1. The molecule has 2 N–H and O–H groups in total. The van der Waals surface area contributed by atoms with E-state index in [9.17, 15) is 14.0 Å². The lowest BCUT2D eigenvalue weighted by molar-refractivity contribution is 0.0954. The number of pyridine rings is 1. The first-order chi connectivity index (χ1) is 24.7. The molecule has 272 valence electrons. The zero-order valence-electron chi connectivity index (χ0n) is 31.3. The van der Waals surface area contributed by atoms with Crippen LogP contribution in [0.2, 0.25) is 0 Å². The largest absolute Gasteiger partial charge is 0.487 e. The van der Waals surface area contributed by atoms with E-state index in [4.69, 9.17) is 4.74 Å². The number of likely N-dealkylation sites (tertiary alicyclic amines) is 1. The maximum absolute atomic E-state index is 14.4. The van der Waals surface area contributed by atoms with Crippen LogP contribution in [0, 0.1) is 17.8 Å². The molecular formula is C42H54FN5O3. The highest BCUT2D eigenvalue weighted by atomic mass is 19.1. The van der Waals surface area contributed by atoms with Crippen LogP contribution in [-0.2, 0) is 0 Å². The average molecular weight is 696 g/mol. The molecule has 1 amide bonds. The Morgan fingerprint density at radius 3 is 2.53 bits per heavy atom. The second kappa shape index (κ2) is 20.8. The van der Waals surface area contributed by atoms with Crippen molar-refractivity contribution in [2.45, 2.75) is 66.3 Å². The summed E-state index contributed by atoms with van der Waals surface area (Å²) in [6.45, 7) is 16.8. The summed E-state index contributed by atoms with van der Waals surface area (Å²) in [6, 6.07) is 12.2. The summed E-state index contributed by atoms with van der Waals surface area (Å²) in [5.74, 6) is 5.90. The Labute approximate surface area is 302 Å². The second-order valence-corrected chi connectivity index (χ2v) is 12.3. The van der Waals surface area contributed by atoms with Crippen molar-refractivity contribution in [3.8, 4) is 23.3 Å². The monoisotopic (exact) mass is 695 g/mol. The quantitative estimate of drug-likeness (QED) is 0.314. The van der Waals surface area contributed by atoms with E-state index >= 15 is 0 Å². The number of fused-ring (bicyclic) bond motifs is 5. The fourth-order valence-electron chi connectivity index (χ4n) is 5.82. The van der Waals surface area contributed by atoms with Crippen LogP contribution in [0.4, 0.5) is 4.39 Å². The molecule has 3 aliphatic rings. The lowest BCUT2D eigenvalue weighted by Crippen LogP contribution is -2.48. The molecule has 1 saturated heterocycles. The lowest BCUT2D eigenvalue weighted by atomic mass is 10.0. The number of aliphatic imine (C=N–C) groups is 1. The van der Waals surface area contributed by atoms with E-state index in [1.54, 1.807) is 17.7 Å². The van der Waals surface area contributed by atoms with Gasteiger partial charge in [0.1, 0.15) is 23.7 Å². The number of carbonyl (C=O) groups excluding carboxylic acids is 1. The van der Waals surface area contributed by atoms with Crippen LogP contribution in [0.1, 0.15) is 70.7 Å². The molecule has 0 saturated carbocycles. The molecule has 0 radical (unpaired) electrons. The number of halogens is 1. The van der Waals surface area contributed by atoms with Gasteiger partial charge < -0.3 is 24.8 Å². The van der Waals surface area contributed by atoms with Gasteiger partial charge in [-0.2, -0.15) is 0 Å². The van der Waals surface area contributed by atoms with E-state index < -0.39 is 17.2 Å². The summed E-state index contributed by atoms with van der Waals surface area (Å²) in [6.07, 6.45) is 12.3. The minimum absolute atomic E-state index is 0.00233. The second-order valence-electron chi connectivity index (χ2n) is 12.3. The van der Waals surface area contributed by atoms with Gasteiger partial charge in [0, 0.05) is 53.9 Å². The van der Waals surface area contributed by atoms with Gasteiger partial charge in [-0.3, -0.25) is 14.6 Å². The van der Waals surface area contributed by atoms with E-state index in [1.807, 2.05) is 57.3 Å². The van der Waals surface area contributed by atoms with Crippen molar-refractivity contribution in [2.75, 3.05) is 40.3 Å². The molecule has 2 bridgehead atoms. The molecule has 0 spiro atoms. The Bertz CT molecular complexity index is 1970. The maximum atomic E-state index is 14.4. The zero-order chi connectivity index (χ0) is 37.3. The minimum Gasteiger partial charge on any atom is -0.487 e. The van der Waals surface area contributed by atoms with Crippen molar-refractivity contribution >= 4 is 35.5 Å². The van der Waals surface area contributed by atoms with E-state index in [0.717, 1.165) is 29.8 Å². The van der Waals surface area contributed by atoms with E-state index in [1.165, 1.54) is 43.8 Å². The summed E-state index contributed by atoms with van der Waals surface area (Å²) in [7, 11) is 4.16. The summed E-state index contributed by atoms with van der Waals surface area (Å²) < 4.78 is 21.8. The summed E-state index contributed by atoms with van der Waals surface area (Å²) in [5.41, 5.74) is 1.19. The molecule has 2 aromatic carbocycles. The lowest BCUT2D eigenvalue weighted by Gasteiger charge is -2.17. The molecule has 4 heterocycles. The molecule has 1 fully saturated rings. The summed E-state index contributed by atoms with van der Waals surface area (Å²) in [5, 5.41) is 8.01. The number of ether oxygens (including phenoxy) is 1. The van der Waals surface area contributed by atoms with Crippen molar-refractivity contribution in [1.29, 1.82) is 0 Å². The first kappa shape index (κ1) is 40.6. The molecule has 1 aromatic heterocycles. The third-order valence-electron chi connectivity index (χ3n) is 8.63. The molecule has 2 atom stereocenters. The van der Waals surface area contributed by atoms with Crippen LogP contribution in [0.25, 0.3) is 29.1 Å².